The third-order valence-corrected chi connectivity index (χ3v) is 3.39. The molecule has 0 heterocycles. The maximum absolute atomic E-state index is 6.20. The van der Waals surface area contributed by atoms with Crippen molar-refractivity contribution < 1.29 is 4.74 Å². The summed E-state index contributed by atoms with van der Waals surface area (Å²) in [6.45, 7) is 2.63. The highest BCUT2D eigenvalue weighted by Crippen LogP contribution is 2.33. The quantitative estimate of drug-likeness (QED) is 0.874. The Morgan fingerprint density at radius 1 is 1.11 bits per heavy atom. The molecule has 4 heteroatoms. The molecule has 0 aliphatic carbocycles. The van der Waals surface area contributed by atoms with Crippen LogP contribution in [0.4, 0.5) is 0 Å². The summed E-state index contributed by atoms with van der Waals surface area (Å²) in [4.78, 5) is 0. The first-order valence-electron chi connectivity index (χ1n) is 5.98. The highest BCUT2D eigenvalue weighted by atomic mass is 35.5. The molecule has 2 rings (SSSR count). The Morgan fingerprint density at radius 3 is 2.63 bits per heavy atom. The molecule has 0 saturated carbocycles. The van der Waals surface area contributed by atoms with Crippen molar-refractivity contribution in [1.29, 1.82) is 0 Å². The highest BCUT2D eigenvalue weighted by Gasteiger charge is 2.10. The van der Waals surface area contributed by atoms with Gasteiger partial charge in [0.25, 0.3) is 0 Å². The van der Waals surface area contributed by atoms with Gasteiger partial charge in [0.1, 0.15) is 11.5 Å². The number of benzene rings is 2. The molecule has 0 aromatic heterocycles. The zero-order valence-electron chi connectivity index (χ0n) is 10.8. The van der Waals surface area contributed by atoms with Crippen molar-refractivity contribution in [2.45, 2.75) is 13.5 Å². The van der Waals surface area contributed by atoms with Gasteiger partial charge in [-0.1, -0.05) is 35.3 Å². The van der Waals surface area contributed by atoms with Gasteiger partial charge in [0, 0.05) is 22.2 Å². The Hall–Kier alpha value is -1.22. The second-order valence-corrected chi connectivity index (χ2v) is 5.10. The molecule has 2 aromatic carbocycles. The van der Waals surface area contributed by atoms with Gasteiger partial charge in [-0.2, -0.15) is 0 Å². The van der Waals surface area contributed by atoms with Gasteiger partial charge in [0.15, 0.2) is 0 Å². The lowest BCUT2D eigenvalue weighted by atomic mass is 10.2. The van der Waals surface area contributed by atoms with E-state index in [1.54, 1.807) is 6.07 Å². The van der Waals surface area contributed by atoms with Crippen LogP contribution in [0.5, 0.6) is 11.5 Å². The largest absolute Gasteiger partial charge is 0.457 e. The lowest BCUT2D eigenvalue weighted by Gasteiger charge is -2.14. The topological polar surface area (TPSA) is 21.3 Å². The summed E-state index contributed by atoms with van der Waals surface area (Å²) in [6, 6.07) is 11.2. The van der Waals surface area contributed by atoms with E-state index >= 15 is 0 Å². The number of hydrogen-bond donors (Lipinski definition) is 1. The van der Waals surface area contributed by atoms with E-state index in [1.807, 2.05) is 44.3 Å². The van der Waals surface area contributed by atoms with Crippen molar-refractivity contribution in [2.24, 2.45) is 0 Å². The first-order chi connectivity index (χ1) is 9.11. The lowest BCUT2D eigenvalue weighted by molar-refractivity contribution is 0.471. The van der Waals surface area contributed by atoms with Gasteiger partial charge < -0.3 is 10.1 Å². The summed E-state index contributed by atoms with van der Waals surface area (Å²) in [6.07, 6.45) is 0. The summed E-state index contributed by atoms with van der Waals surface area (Å²) < 4.78 is 5.95. The van der Waals surface area contributed by atoms with E-state index in [4.69, 9.17) is 27.9 Å². The zero-order chi connectivity index (χ0) is 13.8. The lowest BCUT2D eigenvalue weighted by Crippen LogP contribution is -2.07. The minimum absolute atomic E-state index is 0.647. The molecule has 0 aliphatic heterocycles. The summed E-state index contributed by atoms with van der Waals surface area (Å²) >= 11 is 12.2. The van der Waals surface area contributed by atoms with Crippen LogP contribution in [0.3, 0.4) is 0 Å². The van der Waals surface area contributed by atoms with Crippen molar-refractivity contribution in [3.63, 3.8) is 0 Å². The first kappa shape index (κ1) is 14.2. The predicted octanol–water partition coefficient (Wildman–Crippen LogP) is 4.81. The fourth-order valence-corrected chi connectivity index (χ4v) is 2.18. The molecule has 0 atom stereocenters. The zero-order valence-corrected chi connectivity index (χ0v) is 12.3. The van der Waals surface area contributed by atoms with Crippen LogP contribution in [0, 0.1) is 6.92 Å². The molecule has 0 aliphatic rings. The Kier molecular flexibility index (Phi) is 4.70. The van der Waals surface area contributed by atoms with E-state index in [2.05, 4.69) is 5.32 Å². The molecule has 2 aromatic rings. The first-order valence-corrected chi connectivity index (χ1v) is 6.73. The van der Waals surface area contributed by atoms with Crippen molar-refractivity contribution in [2.75, 3.05) is 7.05 Å². The molecule has 0 saturated heterocycles. The Labute approximate surface area is 123 Å². The summed E-state index contributed by atoms with van der Waals surface area (Å²) in [7, 11) is 1.87. The van der Waals surface area contributed by atoms with E-state index in [1.165, 1.54) is 0 Å². The van der Waals surface area contributed by atoms with Crippen LogP contribution < -0.4 is 10.1 Å². The fourth-order valence-electron chi connectivity index (χ4n) is 1.79. The summed E-state index contributed by atoms with van der Waals surface area (Å²) in [5.74, 6) is 1.49. The molecule has 0 bridgehead atoms. The normalized spacial score (nSPS) is 10.5. The second kappa shape index (κ2) is 6.29. The fraction of sp³-hybridized carbons (Fsp3) is 0.200. The highest BCUT2D eigenvalue weighted by molar-refractivity contribution is 6.31. The van der Waals surface area contributed by atoms with E-state index in [-0.39, 0.29) is 0 Å². The minimum Gasteiger partial charge on any atom is -0.457 e. The molecule has 100 valence electrons. The molecule has 0 spiro atoms. The third-order valence-electron chi connectivity index (χ3n) is 2.80. The van der Waals surface area contributed by atoms with Crippen LogP contribution >= 0.6 is 23.2 Å². The van der Waals surface area contributed by atoms with E-state index in [0.29, 0.717) is 16.6 Å². The second-order valence-electron chi connectivity index (χ2n) is 4.26. The van der Waals surface area contributed by atoms with Gasteiger partial charge in [-0.15, -0.1) is 0 Å². The van der Waals surface area contributed by atoms with Crippen molar-refractivity contribution >= 4 is 23.2 Å². The van der Waals surface area contributed by atoms with E-state index < -0.39 is 0 Å². The number of rotatable bonds is 4. The molecule has 0 unspecified atom stereocenters. The van der Waals surface area contributed by atoms with Crippen LogP contribution in [0.2, 0.25) is 10.0 Å². The molecule has 0 amide bonds. The van der Waals surface area contributed by atoms with Crippen LogP contribution in [0.1, 0.15) is 11.1 Å². The van der Waals surface area contributed by atoms with Gasteiger partial charge in [-0.25, -0.2) is 0 Å². The Balaban J connectivity index is 2.37. The summed E-state index contributed by atoms with van der Waals surface area (Å²) in [5.41, 5.74) is 1.96. The van der Waals surface area contributed by atoms with Gasteiger partial charge in [0.05, 0.1) is 0 Å². The maximum atomic E-state index is 6.20. The number of hydrogen-bond acceptors (Lipinski definition) is 2. The number of ether oxygens (including phenoxy) is 1. The van der Waals surface area contributed by atoms with Crippen LogP contribution in [0.15, 0.2) is 36.4 Å². The van der Waals surface area contributed by atoms with Crippen LogP contribution in [0.25, 0.3) is 0 Å². The number of halogens is 2. The molecular formula is C15H15Cl2NO. The molecule has 19 heavy (non-hydrogen) atoms. The average Bonchev–Trinajstić information content (AvgIpc) is 2.38. The van der Waals surface area contributed by atoms with Gasteiger partial charge in [-0.3, -0.25) is 0 Å². The number of nitrogens with one attached hydrogen (secondary N) is 1. The van der Waals surface area contributed by atoms with Crippen LogP contribution in [-0.2, 0) is 6.54 Å². The van der Waals surface area contributed by atoms with Crippen molar-refractivity contribution in [3.05, 3.63) is 57.6 Å². The molecule has 0 radical (unpaired) electrons. The summed E-state index contributed by atoms with van der Waals surface area (Å²) in [5, 5.41) is 4.42. The smallest absolute Gasteiger partial charge is 0.133 e. The third kappa shape index (κ3) is 3.41. The molecular weight excluding hydrogens is 281 g/mol. The van der Waals surface area contributed by atoms with Crippen molar-refractivity contribution in [1.82, 2.24) is 5.32 Å². The van der Waals surface area contributed by atoms with Gasteiger partial charge in [-0.05, 0) is 43.8 Å². The van der Waals surface area contributed by atoms with Crippen LogP contribution in [-0.4, -0.2) is 7.05 Å². The predicted molar refractivity (Wildman–Crippen MR) is 80.5 cm³/mol. The van der Waals surface area contributed by atoms with E-state index in [0.717, 1.165) is 22.6 Å². The van der Waals surface area contributed by atoms with Gasteiger partial charge in [0.2, 0.25) is 0 Å². The average molecular weight is 296 g/mol. The minimum atomic E-state index is 0.647. The SMILES string of the molecule is CNCc1c(Cl)cccc1Oc1cc(Cl)ccc1C. The number of aryl methyl sites for hydroxylation is 1. The maximum Gasteiger partial charge on any atom is 0.133 e. The molecule has 2 nitrogen and oxygen atoms in total. The van der Waals surface area contributed by atoms with Crippen molar-refractivity contribution in [3.8, 4) is 11.5 Å². The van der Waals surface area contributed by atoms with Gasteiger partial charge >= 0.3 is 0 Å². The van der Waals surface area contributed by atoms with E-state index in [9.17, 15) is 0 Å². The Morgan fingerprint density at radius 2 is 1.89 bits per heavy atom. The molecule has 0 fully saturated rings. The standard InChI is InChI=1S/C15H15Cl2NO/c1-10-6-7-11(16)8-15(10)19-14-5-3-4-13(17)12(14)9-18-2/h3-8,18H,9H2,1-2H3. The monoisotopic (exact) mass is 295 g/mol. The molecule has 1 N–H and O–H groups in total. The Bertz CT molecular complexity index is 584.